The number of benzene rings is 1. The molecule has 1 fully saturated rings. The highest BCUT2D eigenvalue weighted by molar-refractivity contribution is 5.81. The molecule has 0 radical (unpaired) electrons. The summed E-state index contributed by atoms with van der Waals surface area (Å²) < 4.78 is 3.20. The van der Waals surface area contributed by atoms with Gasteiger partial charge in [0.2, 0.25) is 5.91 Å². The van der Waals surface area contributed by atoms with Crippen LogP contribution in [0.1, 0.15) is 32.6 Å². The molecule has 5 heteroatoms. The van der Waals surface area contributed by atoms with Crippen LogP contribution in [0.4, 0.5) is 0 Å². The van der Waals surface area contributed by atoms with Crippen molar-refractivity contribution in [1.82, 2.24) is 14.0 Å². The first kappa shape index (κ1) is 14.9. The van der Waals surface area contributed by atoms with Gasteiger partial charge in [0.25, 0.3) is 0 Å². The number of carbonyl (C=O) groups excluding carboxylic acids is 1. The minimum atomic E-state index is -0.125. The van der Waals surface area contributed by atoms with E-state index >= 15 is 0 Å². The van der Waals surface area contributed by atoms with E-state index in [9.17, 15) is 9.59 Å². The molecule has 118 valence electrons. The number of aryl methyl sites for hydroxylation is 1. The van der Waals surface area contributed by atoms with Gasteiger partial charge in [-0.15, -0.1) is 0 Å². The van der Waals surface area contributed by atoms with Crippen LogP contribution >= 0.6 is 0 Å². The van der Waals surface area contributed by atoms with Crippen molar-refractivity contribution in [1.29, 1.82) is 0 Å². The molecule has 0 bridgehead atoms. The van der Waals surface area contributed by atoms with Crippen molar-refractivity contribution >= 4 is 16.9 Å². The van der Waals surface area contributed by atoms with Crippen molar-refractivity contribution < 1.29 is 4.79 Å². The predicted molar refractivity (Wildman–Crippen MR) is 86.8 cm³/mol. The van der Waals surface area contributed by atoms with Gasteiger partial charge < -0.3 is 4.90 Å². The topological polar surface area (TPSA) is 47.2 Å². The van der Waals surface area contributed by atoms with Gasteiger partial charge in [-0.1, -0.05) is 19.1 Å². The Bertz CT molecular complexity index is 744. The molecule has 1 aromatic carbocycles. The molecule has 2 heterocycles. The highest BCUT2D eigenvalue weighted by Gasteiger charge is 2.26. The number of para-hydroxylation sites is 2. The molecule has 0 aliphatic carbocycles. The summed E-state index contributed by atoms with van der Waals surface area (Å²) in [6.45, 7) is 3.08. The predicted octanol–water partition coefficient (Wildman–Crippen LogP) is 2.13. The second kappa shape index (κ2) is 5.99. The molecule has 0 spiro atoms. The zero-order chi connectivity index (χ0) is 15.7. The van der Waals surface area contributed by atoms with Crippen LogP contribution in [0.25, 0.3) is 11.0 Å². The average molecular weight is 301 g/mol. The van der Waals surface area contributed by atoms with Crippen molar-refractivity contribution in [3.63, 3.8) is 0 Å². The third-order valence-electron chi connectivity index (χ3n) is 4.76. The zero-order valence-electron chi connectivity index (χ0n) is 13.3. The number of hydrogen-bond donors (Lipinski definition) is 0. The second-order valence-electron chi connectivity index (χ2n) is 6.06. The Morgan fingerprint density at radius 1 is 1.23 bits per heavy atom. The van der Waals surface area contributed by atoms with E-state index in [1.807, 2.05) is 29.2 Å². The van der Waals surface area contributed by atoms with Gasteiger partial charge >= 0.3 is 5.69 Å². The van der Waals surface area contributed by atoms with Gasteiger partial charge in [-0.2, -0.15) is 0 Å². The molecule has 2 aromatic rings. The molecule has 1 unspecified atom stereocenters. The SMILES string of the molecule is CCC1CCCCN1C(=O)Cn1c(=O)n(C)c2ccccc21. The molecule has 5 nitrogen and oxygen atoms in total. The first-order valence-corrected chi connectivity index (χ1v) is 8.07. The second-order valence-corrected chi connectivity index (χ2v) is 6.06. The van der Waals surface area contributed by atoms with E-state index in [0.717, 1.165) is 36.8 Å². The largest absolute Gasteiger partial charge is 0.338 e. The maximum atomic E-state index is 12.7. The quantitative estimate of drug-likeness (QED) is 0.872. The first-order valence-electron chi connectivity index (χ1n) is 8.07. The molecule has 1 amide bonds. The summed E-state index contributed by atoms with van der Waals surface area (Å²) in [6.07, 6.45) is 4.31. The monoisotopic (exact) mass is 301 g/mol. The Balaban J connectivity index is 1.91. The Hall–Kier alpha value is -2.04. The van der Waals surface area contributed by atoms with Crippen molar-refractivity contribution in [2.45, 2.75) is 45.2 Å². The molecule has 1 aliphatic rings. The number of fused-ring (bicyclic) bond motifs is 1. The molecule has 1 aliphatic heterocycles. The first-order chi connectivity index (χ1) is 10.6. The fourth-order valence-corrected chi connectivity index (χ4v) is 3.50. The molecule has 22 heavy (non-hydrogen) atoms. The van der Waals surface area contributed by atoms with E-state index in [4.69, 9.17) is 0 Å². The smallest absolute Gasteiger partial charge is 0.329 e. The van der Waals surface area contributed by atoms with Crippen molar-refractivity contribution in [3.05, 3.63) is 34.7 Å². The number of hydrogen-bond acceptors (Lipinski definition) is 2. The Kier molecular flexibility index (Phi) is 4.05. The normalized spacial score (nSPS) is 18.8. The Morgan fingerprint density at radius 3 is 2.68 bits per heavy atom. The van der Waals surface area contributed by atoms with Gasteiger partial charge in [-0.05, 0) is 37.8 Å². The number of amides is 1. The van der Waals surface area contributed by atoms with Gasteiger partial charge in [0.1, 0.15) is 6.54 Å². The highest BCUT2D eigenvalue weighted by atomic mass is 16.2. The summed E-state index contributed by atoms with van der Waals surface area (Å²) in [5.41, 5.74) is 1.57. The number of carbonyl (C=O) groups is 1. The molecule has 3 rings (SSSR count). The summed E-state index contributed by atoms with van der Waals surface area (Å²) in [5.74, 6) is 0.0602. The Morgan fingerprint density at radius 2 is 1.95 bits per heavy atom. The maximum Gasteiger partial charge on any atom is 0.329 e. The molecule has 1 atom stereocenters. The molecular weight excluding hydrogens is 278 g/mol. The lowest BCUT2D eigenvalue weighted by Crippen LogP contribution is -2.45. The summed E-state index contributed by atoms with van der Waals surface area (Å²) >= 11 is 0. The highest BCUT2D eigenvalue weighted by Crippen LogP contribution is 2.20. The summed E-state index contributed by atoms with van der Waals surface area (Å²) in [6, 6.07) is 7.95. The minimum absolute atomic E-state index is 0.0602. The number of nitrogens with zero attached hydrogens (tertiary/aromatic N) is 3. The van der Waals surface area contributed by atoms with E-state index in [1.54, 1.807) is 16.2 Å². The van der Waals surface area contributed by atoms with Crippen molar-refractivity contribution in [2.75, 3.05) is 6.54 Å². The number of imidazole rings is 1. The Labute approximate surface area is 130 Å². The van der Waals surface area contributed by atoms with Crippen LogP contribution in [-0.4, -0.2) is 32.5 Å². The molecule has 0 N–H and O–H groups in total. The lowest BCUT2D eigenvalue weighted by atomic mass is 10.00. The van der Waals surface area contributed by atoms with E-state index in [-0.39, 0.29) is 18.1 Å². The molecular formula is C17H23N3O2. The fraction of sp³-hybridized carbons (Fsp3) is 0.529. The van der Waals surface area contributed by atoms with Crippen LogP contribution in [0, 0.1) is 0 Å². The van der Waals surface area contributed by atoms with Gasteiger partial charge in [0.05, 0.1) is 11.0 Å². The number of rotatable bonds is 3. The van der Waals surface area contributed by atoms with Crippen molar-refractivity contribution in [2.24, 2.45) is 7.05 Å². The maximum absolute atomic E-state index is 12.7. The van der Waals surface area contributed by atoms with E-state index in [2.05, 4.69) is 6.92 Å². The number of aromatic nitrogens is 2. The third kappa shape index (κ3) is 2.45. The molecule has 1 saturated heterocycles. The lowest BCUT2D eigenvalue weighted by Gasteiger charge is -2.35. The van der Waals surface area contributed by atoms with Crippen LogP contribution in [-0.2, 0) is 18.4 Å². The average Bonchev–Trinajstić information content (AvgIpc) is 2.80. The summed E-state index contributed by atoms with van der Waals surface area (Å²) in [5, 5.41) is 0. The summed E-state index contributed by atoms with van der Waals surface area (Å²) in [4.78, 5) is 27.1. The standard InChI is InChI=1S/C17H23N3O2/c1-3-13-8-6-7-11-19(13)16(21)12-20-15-10-5-4-9-14(15)18(2)17(20)22/h4-5,9-10,13H,3,6-8,11-12H2,1-2H3. The van der Waals surface area contributed by atoms with Crippen LogP contribution in [0.3, 0.4) is 0 Å². The van der Waals surface area contributed by atoms with Crippen LogP contribution < -0.4 is 5.69 Å². The van der Waals surface area contributed by atoms with E-state index < -0.39 is 0 Å². The van der Waals surface area contributed by atoms with Gasteiger partial charge in [0, 0.05) is 19.6 Å². The van der Waals surface area contributed by atoms with Gasteiger partial charge in [0.15, 0.2) is 0 Å². The van der Waals surface area contributed by atoms with Gasteiger partial charge in [-0.25, -0.2) is 4.79 Å². The van der Waals surface area contributed by atoms with E-state index in [1.165, 1.54) is 6.42 Å². The number of likely N-dealkylation sites (tertiary alicyclic amines) is 1. The van der Waals surface area contributed by atoms with Crippen molar-refractivity contribution in [3.8, 4) is 0 Å². The van der Waals surface area contributed by atoms with E-state index in [0.29, 0.717) is 6.04 Å². The van der Waals surface area contributed by atoms with Crippen LogP contribution in [0.15, 0.2) is 29.1 Å². The van der Waals surface area contributed by atoms with Crippen LogP contribution in [0.5, 0.6) is 0 Å². The lowest BCUT2D eigenvalue weighted by molar-refractivity contribution is -0.135. The van der Waals surface area contributed by atoms with Crippen LogP contribution in [0.2, 0.25) is 0 Å². The molecule has 0 saturated carbocycles. The van der Waals surface area contributed by atoms with Gasteiger partial charge in [-0.3, -0.25) is 13.9 Å². The third-order valence-corrected chi connectivity index (χ3v) is 4.76. The molecule has 1 aromatic heterocycles. The fourth-order valence-electron chi connectivity index (χ4n) is 3.50. The zero-order valence-corrected chi connectivity index (χ0v) is 13.3. The summed E-state index contributed by atoms with van der Waals surface area (Å²) in [7, 11) is 1.75. The minimum Gasteiger partial charge on any atom is -0.338 e. The number of piperidine rings is 1.